The van der Waals surface area contributed by atoms with E-state index in [2.05, 4.69) is 27.7 Å². The van der Waals surface area contributed by atoms with Crippen molar-refractivity contribution in [3.05, 3.63) is 22.4 Å². The molecular formula is C18H24N2O2S. The van der Waals surface area contributed by atoms with E-state index in [-0.39, 0.29) is 11.8 Å². The topological polar surface area (TPSA) is 49.4 Å². The molecule has 1 aliphatic heterocycles. The third-order valence-electron chi connectivity index (χ3n) is 5.63. The third kappa shape index (κ3) is 3.16. The predicted octanol–water partition coefficient (Wildman–Crippen LogP) is 2.30. The Bertz CT molecular complexity index is 568. The largest absolute Gasteiger partial charge is 0.355 e. The van der Waals surface area contributed by atoms with Crippen LogP contribution < -0.4 is 5.32 Å². The highest BCUT2D eigenvalue weighted by atomic mass is 32.1. The van der Waals surface area contributed by atoms with E-state index in [1.165, 1.54) is 4.88 Å². The summed E-state index contributed by atoms with van der Waals surface area (Å²) in [5.74, 6) is 1.73. The maximum Gasteiger partial charge on any atom is 0.225 e. The van der Waals surface area contributed by atoms with Crippen molar-refractivity contribution in [2.45, 2.75) is 32.1 Å². The highest BCUT2D eigenvalue weighted by molar-refractivity contribution is 7.09. The summed E-state index contributed by atoms with van der Waals surface area (Å²) < 4.78 is 0. The Hall–Kier alpha value is -1.36. The standard InChI is InChI=1S/C18H24N2O2S/c21-17(19-8-7-15-2-1-9-23-15)16-13-5-6-14(16)11-20(10-13)18(22)12-3-4-12/h1-2,9,12-14,16H,3-8,10-11H2,(H,19,21). The SMILES string of the molecule is O=C(NCCc1cccs1)C1C2CCC1CN(C(=O)C1CC1)C2. The van der Waals surface area contributed by atoms with Gasteiger partial charge in [-0.3, -0.25) is 9.59 Å². The lowest BCUT2D eigenvalue weighted by molar-refractivity contribution is -0.139. The molecule has 1 N–H and O–H groups in total. The molecule has 0 aromatic carbocycles. The summed E-state index contributed by atoms with van der Waals surface area (Å²) in [6, 6.07) is 4.16. The van der Waals surface area contributed by atoms with Crippen LogP contribution in [0.1, 0.15) is 30.6 Å². The Morgan fingerprint density at radius 3 is 2.52 bits per heavy atom. The predicted molar refractivity (Wildman–Crippen MR) is 90.0 cm³/mol. The smallest absolute Gasteiger partial charge is 0.225 e. The lowest BCUT2D eigenvalue weighted by Crippen LogP contribution is -2.50. The van der Waals surface area contributed by atoms with Crippen LogP contribution in [-0.4, -0.2) is 36.3 Å². The molecule has 1 saturated heterocycles. The average molecular weight is 332 g/mol. The molecule has 1 aromatic heterocycles. The summed E-state index contributed by atoms with van der Waals surface area (Å²) in [5.41, 5.74) is 0. The summed E-state index contributed by atoms with van der Waals surface area (Å²) in [6.07, 6.45) is 5.25. The number of thiophene rings is 1. The van der Waals surface area contributed by atoms with E-state index in [9.17, 15) is 9.59 Å². The van der Waals surface area contributed by atoms with Gasteiger partial charge < -0.3 is 10.2 Å². The minimum Gasteiger partial charge on any atom is -0.355 e. The monoisotopic (exact) mass is 332 g/mol. The minimum absolute atomic E-state index is 0.126. The number of nitrogens with zero attached hydrogens (tertiary/aromatic N) is 1. The Balaban J connectivity index is 1.31. The van der Waals surface area contributed by atoms with Gasteiger partial charge >= 0.3 is 0 Å². The van der Waals surface area contributed by atoms with Gasteiger partial charge in [0.15, 0.2) is 0 Å². The number of nitrogens with one attached hydrogen (secondary N) is 1. The lowest BCUT2D eigenvalue weighted by atomic mass is 9.84. The van der Waals surface area contributed by atoms with Gasteiger partial charge in [-0.25, -0.2) is 0 Å². The molecule has 3 fully saturated rings. The second-order valence-electron chi connectivity index (χ2n) is 7.26. The van der Waals surface area contributed by atoms with Crippen molar-refractivity contribution in [3.8, 4) is 0 Å². The van der Waals surface area contributed by atoms with Gasteiger partial charge in [-0.2, -0.15) is 0 Å². The molecule has 2 atom stereocenters. The van der Waals surface area contributed by atoms with Crippen molar-refractivity contribution in [2.24, 2.45) is 23.7 Å². The minimum atomic E-state index is 0.126. The molecule has 2 saturated carbocycles. The van der Waals surface area contributed by atoms with Crippen molar-refractivity contribution in [2.75, 3.05) is 19.6 Å². The number of likely N-dealkylation sites (tertiary alicyclic amines) is 1. The third-order valence-corrected chi connectivity index (χ3v) is 6.56. The van der Waals surface area contributed by atoms with E-state index in [0.717, 1.165) is 51.7 Å². The summed E-state index contributed by atoms with van der Waals surface area (Å²) in [5, 5.41) is 5.21. The number of hydrogen-bond donors (Lipinski definition) is 1. The number of piperidine rings is 1. The molecular weight excluding hydrogens is 308 g/mol. The maximum absolute atomic E-state index is 12.6. The number of carbonyl (C=O) groups is 2. The molecule has 4 rings (SSSR count). The van der Waals surface area contributed by atoms with Crippen LogP contribution in [0.15, 0.2) is 17.5 Å². The summed E-state index contributed by atoms with van der Waals surface area (Å²) in [7, 11) is 0. The highest BCUT2D eigenvalue weighted by Crippen LogP contribution is 2.43. The van der Waals surface area contributed by atoms with Gasteiger partial charge in [0.2, 0.25) is 11.8 Å². The molecule has 2 bridgehead atoms. The van der Waals surface area contributed by atoms with Crippen molar-refractivity contribution >= 4 is 23.2 Å². The molecule has 124 valence electrons. The van der Waals surface area contributed by atoms with Crippen LogP contribution >= 0.6 is 11.3 Å². The van der Waals surface area contributed by atoms with Gasteiger partial charge in [-0.15, -0.1) is 11.3 Å². The normalized spacial score (nSPS) is 29.6. The molecule has 0 radical (unpaired) electrons. The Labute approximate surface area is 141 Å². The number of carbonyl (C=O) groups excluding carboxylic acids is 2. The van der Waals surface area contributed by atoms with Crippen molar-refractivity contribution in [1.82, 2.24) is 10.2 Å². The fourth-order valence-electron chi connectivity index (χ4n) is 4.30. The molecule has 23 heavy (non-hydrogen) atoms. The zero-order valence-electron chi connectivity index (χ0n) is 13.4. The van der Waals surface area contributed by atoms with E-state index < -0.39 is 0 Å². The Morgan fingerprint density at radius 2 is 1.91 bits per heavy atom. The first kappa shape index (κ1) is 15.2. The number of amides is 2. The van der Waals surface area contributed by atoms with Crippen LogP contribution in [0.3, 0.4) is 0 Å². The van der Waals surface area contributed by atoms with Crippen LogP contribution in [0.2, 0.25) is 0 Å². The summed E-state index contributed by atoms with van der Waals surface area (Å²) in [4.78, 5) is 28.3. The van der Waals surface area contributed by atoms with Gasteiger partial charge in [-0.1, -0.05) is 6.07 Å². The molecule has 4 nitrogen and oxygen atoms in total. The van der Waals surface area contributed by atoms with Crippen LogP contribution in [0, 0.1) is 23.7 Å². The molecule has 2 unspecified atom stereocenters. The maximum atomic E-state index is 12.6. The first-order chi connectivity index (χ1) is 11.2. The molecule has 2 aliphatic carbocycles. The molecule has 5 heteroatoms. The Kier molecular flexibility index (Phi) is 4.14. The van der Waals surface area contributed by atoms with Crippen molar-refractivity contribution in [1.29, 1.82) is 0 Å². The second kappa shape index (κ2) is 6.27. The lowest BCUT2D eigenvalue weighted by Gasteiger charge is -2.37. The quantitative estimate of drug-likeness (QED) is 0.899. The number of rotatable bonds is 5. The van der Waals surface area contributed by atoms with Gasteiger partial charge in [0.1, 0.15) is 0 Å². The van der Waals surface area contributed by atoms with Gasteiger partial charge in [0.05, 0.1) is 0 Å². The van der Waals surface area contributed by atoms with Crippen LogP contribution in [0.5, 0.6) is 0 Å². The molecule has 2 heterocycles. The molecule has 1 aromatic rings. The summed E-state index contributed by atoms with van der Waals surface area (Å²) in [6.45, 7) is 2.32. The van der Waals surface area contributed by atoms with Crippen LogP contribution in [-0.2, 0) is 16.0 Å². The van der Waals surface area contributed by atoms with E-state index in [1.807, 2.05) is 0 Å². The zero-order valence-corrected chi connectivity index (χ0v) is 14.2. The summed E-state index contributed by atoms with van der Waals surface area (Å²) >= 11 is 1.74. The second-order valence-corrected chi connectivity index (χ2v) is 8.29. The van der Waals surface area contributed by atoms with E-state index in [1.54, 1.807) is 11.3 Å². The molecule has 2 amide bonds. The van der Waals surface area contributed by atoms with E-state index in [4.69, 9.17) is 0 Å². The Morgan fingerprint density at radius 1 is 1.17 bits per heavy atom. The van der Waals surface area contributed by atoms with E-state index in [0.29, 0.717) is 23.7 Å². The first-order valence-corrected chi connectivity index (χ1v) is 9.69. The van der Waals surface area contributed by atoms with Crippen LogP contribution in [0.25, 0.3) is 0 Å². The molecule has 0 spiro atoms. The van der Waals surface area contributed by atoms with Crippen molar-refractivity contribution in [3.63, 3.8) is 0 Å². The first-order valence-electron chi connectivity index (χ1n) is 8.81. The van der Waals surface area contributed by atoms with E-state index >= 15 is 0 Å². The zero-order chi connectivity index (χ0) is 15.8. The fraction of sp³-hybridized carbons (Fsp3) is 0.667. The van der Waals surface area contributed by atoms with Gasteiger partial charge in [0.25, 0.3) is 0 Å². The van der Waals surface area contributed by atoms with Gasteiger partial charge in [-0.05, 0) is 55.4 Å². The van der Waals surface area contributed by atoms with Crippen molar-refractivity contribution < 1.29 is 9.59 Å². The van der Waals surface area contributed by atoms with Gasteiger partial charge in [0, 0.05) is 36.3 Å². The average Bonchev–Trinajstić information content (AvgIpc) is 3.21. The fourth-order valence-corrected chi connectivity index (χ4v) is 5.01. The highest BCUT2D eigenvalue weighted by Gasteiger charge is 2.48. The van der Waals surface area contributed by atoms with Crippen LogP contribution in [0.4, 0.5) is 0 Å². The number of fused-ring (bicyclic) bond motifs is 2. The molecule has 3 aliphatic rings. The number of hydrogen-bond acceptors (Lipinski definition) is 3.